The van der Waals surface area contributed by atoms with E-state index in [0.717, 1.165) is 35.1 Å². The minimum absolute atomic E-state index is 0.0646. The third-order valence-electron chi connectivity index (χ3n) is 7.49. The Kier molecular flexibility index (Phi) is 9.23. The average molecular weight is 591 g/mol. The highest BCUT2D eigenvalue weighted by Crippen LogP contribution is 2.46. The van der Waals surface area contributed by atoms with E-state index in [1.807, 2.05) is 84.5 Å². The van der Waals surface area contributed by atoms with Crippen LogP contribution in [0, 0.1) is 0 Å². The minimum Gasteiger partial charge on any atom is -0.493 e. The highest BCUT2D eigenvalue weighted by molar-refractivity contribution is 8.16. The van der Waals surface area contributed by atoms with Crippen LogP contribution in [0.1, 0.15) is 44.4 Å². The van der Waals surface area contributed by atoms with Crippen LogP contribution in [0.2, 0.25) is 0 Å². The number of allylic oxidation sites excluding steroid dienone is 1. The molecule has 2 aromatic rings. The first-order valence-corrected chi connectivity index (χ1v) is 15.1. The Labute approximate surface area is 251 Å². The quantitative estimate of drug-likeness (QED) is 0.379. The monoisotopic (exact) mass is 590 g/mol. The molecule has 0 aliphatic carbocycles. The van der Waals surface area contributed by atoms with E-state index in [-0.39, 0.29) is 18.4 Å². The first-order valence-electron chi connectivity index (χ1n) is 14.2. The third-order valence-corrected chi connectivity index (χ3v) is 8.38. The Morgan fingerprint density at radius 1 is 1.05 bits per heavy atom. The summed E-state index contributed by atoms with van der Waals surface area (Å²) in [4.78, 5) is 37.8. The number of ether oxygens (including phenoxy) is 3. The Morgan fingerprint density at radius 2 is 1.79 bits per heavy atom. The van der Waals surface area contributed by atoms with Crippen molar-refractivity contribution in [3.63, 3.8) is 0 Å². The maximum Gasteiger partial charge on any atom is 0.338 e. The fraction of sp³-hybridized carbons (Fsp3) is 0.406. The number of thioether (sulfide) groups is 1. The maximum atomic E-state index is 13.5. The van der Waals surface area contributed by atoms with Crippen molar-refractivity contribution in [1.29, 1.82) is 0 Å². The molecule has 0 saturated carbocycles. The van der Waals surface area contributed by atoms with Crippen molar-refractivity contribution in [2.24, 2.45) is 4.99 Å². The lowest BCUT2D eigenvalue weighted by atomic mass is 9.93. The van der Waals surface area contributed by atoms with Crippen molar-refractivity contribution in [3.05, 3.63) is 82.0 Å². The van der Waals surface area contributed by atoms with Crippen LogP contribution in [0.15, 0.2) is 75.9 Å². The first-order chi connectivity index (χ1) is 20.2. The number of aliphatic imine (C=N–C) groups is 1. The zero-order valence-corrected chi connectivity index (χ0v) is 25.6. The number of hydrogen-bond donors (Lipinski definition) is 0. The molecule has 5 rings (SSSR count). The Bertz CT molecular complexity index is 1410. The summed E-state index contributed by atoms with van der Waals surface area (Å²) < 4.78 is 17.6. The van der Waals surface area contributed by atoms with Gasteiger partial charge < -0.3 is 28.9 Å². The van der Waals surface area contributed by atoms with Gasteiger partial charge in [-0.15, -0.1) is 0 Å². The summed E-state index contributed by atoms with van der Waals surface area (Å²) in [6, 6.07) is 15.1. The van der Waals surface area contributed by atoms with Gasteiger partial charge in [0.05, 0.1) is 36.9 Å². The molecule has 42 heavy (non-hydrogen) atoms. The lowest BCUT2D eigenvalue weighted by molar-refractivity contribution is -0.143. The predicted molar refractivity (Wildman–Crippen MR) is 164 cm³/mol. The maximum absolute atomic E-state index is 13.5. The standard InChI is InChI=1S/C32H38N4O5S/c1-21(2)41-31(38)29-22(3)33-32-36(25(20-42-32)18-28(37)35-15-13-34(4)14-16-35)30(29)24-11-12-26(27(17-24)39-5)40-19-23-9-7-6-8-10-23/h6-12,17,20-21,30H,13-16,18-19H2,1-5H3/t30-/m0/s1. The summed E-state index contributed by atoms with van der Waals surface area (Å²) in [5.41, 5.74) is 3.68. The van der Waals surface area contributed by atoms with Crippen LogP contribution in [0.3, 0.4) is 0 Å². The van der Waals surface area contributed by atoms with Crippen LogP contribution >= 0.6 is 11.8 Å². The number of likely N-dealkylation sites (N-methyl/N-ethyl adjacent to an activating group) is 1. The largest absolute Gasteiger partial charge is 0.493 e. The highest BCUT2D eigenvalue weighted by atomic mass is 32.2. The number of piperazine rings is 1. The van der Waals surface area contributed by atoms with Crippen molar-refractivity contribution in [2.75, 3.05) is 40.3 Å². The second kappa shape index (κ2) is 13.0. The number of benzene rings is 2. The van der Waals surface area contributed by atoms with Gasteiger partial charge in [-0.25, -0.2) is 9.79 Å². The SMILES string of the molecule is COc1cc([C@H]2C(C(=O)OC(C)C)=C(C)N=C3SC=C(CC(=O)N4CCN(C)CC4)N32)ccc1OCc1ccccc1. The summed E-state index contributed by atoms with van der Waals surface area (Å²) in [6.45, 7) is 8.98. The molecule has 0 radical (unpaired) electrons. The van der Waals surface area contributed by atoms with Gasteiger partial charge in [-0.2, -0.15) is 0 Å². The molecular weight excluding hydrogens is 552 g/mol. The van der Waals surface area contributed by atoms with E-state index in [9.17, 15) is 9.59 Å². The molecule has 3 aliphatic rings. The van der Waals surface area contributed by atoms with Crippen LogP contribution < -0.4 is 9.47 Å². The molecule has 2 aromatic carbocycles. The molecule has 1 amide bonds. The van der Waals surface area contributed by atoms with Gasteiger partial charge in [0, 0.05) is 31.9 Å². The number of fused-ring (bicyclic) bond motifs is 1. The Hall–Kier alpha value is -3.76. The van der Waals surface area contributed by atoms with Crippen LogP contribution in [-0.4, -0.2) is 78.2 Å². The molecule has 1 saturated heterocycles. The van der Waals surface area contributed by atoms with Gasteiger partial charge in [0.25, 0.3) is 0 Å². The van der Waals surface area contributed by atoms with E-state index in [1.165, 1.54) is 11.8 Å². The average Bonchev–Trinajstić information content (AvgIpc) is 3.37. The number of amides is 1. The van der Waals surface area contributed by atoms with E-state index in [2.05, 4.69) is 11.9 Å². The minimum atomic E-state index is -0.553. The van der Waals surface area contributed by atoms with E-state index >= 15 is 0 Å². The molecular formula is C32H38N4O5S. The van der Waals surface area contributed by atoms with Crippen molar-refractivity contribution in [2.45, 2.75) is 45.9 Å². The highest BCUT2D eigenvalue weighted by Gasteiger charge is 2.42. The summed E-state index contributed by atoms with van der Waals surface area (Å²) in [5.74, 6) is 0.779. The van der Waals surface area contributed by atoms with Gasteiger partial charge in [-0.05, 0) is 56.5 Å². The van der Waals surface area contributed by atoms with E-state index in [0.29, 0.717) is 42.5 Å². The van der Waals surface area contributed by atoms with Gasteiger partial charge in [-0.3, -0.25) is 4.79 Å². The molecule has 0 unspecified atom stereocenters. The third kappa shape index (κ3) is 6.50. The molecule has 3 heterocycles. The van der Waals surface area contributed by atoms with Crippen molar-refractivity contribution < 1.29 is 23.8 Å². The predicted octanol–water partition coefficient (Wildman–Crippen LogP) is 4.96. The fourth-order valence-corrected chi connectivity index (χ4v) is 6.22. The number of amidine groups is 1. The molecule has 1 atom stereocenters. The number of methoxy groups -OCH3 is 1. The summed E-state index contributed by atoms with van der Waals surface area (Å²) in [6.07, 6.45) is -0.0818. The molecule has 10 heteroatoms. The van der Waals surface area contributed by atoms with Crippen LogP contribution in [0.25, 0.3) is 0 Å². The van der Waals surface area contributed by atoms with Gasteiger partial charge in [-0.1, -0.05) is 48.2 Å². The molecule has 9 nitrogen and oxygen atoms in total. The van der Waals surface area contributed by atoms with Crippen molar-refractivity contribution in [3.8, 4) is 11.5 Å². The number of esters is 1. The summed E-state index contributed by atoms with van der Waals surface area (Å²) in [5, 5.41) is 2.70. The van der Waals surface area contributed by atoms with E-state index in [4.69, 9.17) is 19.2 Å². The number of hydrogen-bond acceptors (Lipinski definition) is 9. The van der Waals surface area contributed by atoms with Crippen LogP contribution in [0.5, 0.6) is 11.5 Å². The van der Waals surface area contributed by atoms with Crippen LogP contribution in [0.4, 0.5) is 0 Å². The van der Waals surface area contributed by atoms with Gasteiger partial charge in [0.2, 0.25) is 5.91 Å². The summed E-state index contributed by atoms with van der Waals surface area (Å²) in [7, 11) is 3.67. The van der Waals surface area contributed by atoms with E-state index < -0.39 is 12.0 Å². The summed E-state index contributed by atoms with van der Waals surface area (Å²) >= 11 is 1.46. The van der Waals surface area contributed by atoms with Gasteiger partial charge in [0.15, 0.2) is 16.7 Å². The first kappa shape index (κ1) is 29.7. The lowest BCUT2D eigenvalue weighted by Gasteiger charge is -2.37. The van der Waals surface area contributed by atoms with E-state index in [1.54, 1.807) is 7.11 Å². The Morgan fingerprint density at radius 3 is 2.48 bits per heavy atom. The molecule has 0 spiro atoms. The van der Waals surface area contributed by atoms with Gasteiger partial charge in [0.1, 0.15) is 6.61 Å². The number of nitrogens with zero attached hydrogens (tertiary/aromatic N) is 4. The fourth-order valence-electron chi connectivity index (χ4n) is 5.26. The Balaban J connectivity index is 1.47. The zero-order chi connectivity index (χ0) is 29.8. The lowest BCUT2D eigenvalue weighted by Crippen LogP contribution is -2.47. The number of rotatable bonds is 9. The smallest absolute Gasteiger partial charge is 0.338 e. The molecule has 0 N–H and O–H groups in total. The molecule has 1 fully saturated rings. The number of carbonyl (C=O) groups excluding carboxylic acids is 2. The zero-order valence-electron chi connectivity index (χ0n) is 24.8. The van der Waals surface area contributed by atoms with Crippen molar-refractivity contribution in [1.82, 2.24) is 14.7 Å². The van der Waals surface area contributed by atoms with Gasteiger partial charge >= 0.3 is 5.97 Å². The molecule has 3 aliphatic heterocycles. The number of carbonyl (C=O) groups is 2. The topological polar surface area (TPSA) is 83.9 Å². The molecule has 0 aromatic heterocycles. The van der Waals surface area contributed by atoms with Crippen molar-refractivity contribution >= 4 is 28.8 Å². The second-order valence-corrected chi connectivity index (χ2v) is 11.7. The second-order valence-electron chi connectivity index (χ2n) is 10.9. The normalized spacial score (nSPS) is 19.0. The molecule has 222 valence electrons. The van der Waals surface area contributed by atoms with Crippen LogP contribution in [-0.2, 0) is 20.9 Å². The molecule has 0 bridgehead atoms.